The van der Waals surface area contributed by atoms with Crippen LogP contribution in [0.3, 0.4) is 0 Å². The zero-order valence-electron chi connectivity index (χ0n) is 16.2. The lowest BCUT2D eigenvalue weighted by atomic mass is 10.00. The fourth-order valence-corrected chi connectivity index (χ4v) is 4.35. The fraction of sp³-hybridized carbons (Fsp3) is 0.227. The van der Waals surface area contributed by atoms with Crippen molar-refractivity contribution in [3.8, 4) is 5.69 Å². The highest BCUT2D eigenvalue weighted by Gasteiger charge is 2.42. The minimum absolute atomic E-state index is 0.0825. The summed E-state index contributed by atoms with van der Waals surface area (Å²) in [5.74, 6) is -0.945. The summed E-state index contributed by atoms with van der Waals surface area (Å²) >= 11 is 5.66. The number of aromatic carboxylic acids is 1. The number of aromatic nitrogens is 2. The van der Waals surface area contributed by atoms with Gasteiger partial charge in [0.1, 0.15) is 0 Å². The summed E-state index contributed by atoms with van der Waals surface area (Å²) in [7, 11) is 0. The van der Waals surface area contributed by atoms with Crippen LogP contribution >= 0.6 is 12.2 Å². The third kappa shape index (κ3) is 3.49. The maximum atomic E-state index is 11.4. The van der Waals surface area contributed by atoms with Gasteiger partial charge in [0.15, 0.2) is 5.11 Å². The molecule has 0 spiro atoms. The maximum Gasteiger partial charge on any atom is 0.335 e. The van der Waals surface area contributed by atoms with Gasteiger partial charge in [-0.25, -0.2) is 4.79 Å². The quantitative estimate of drug-likeness (QED) is 0.625. The molecule has 2 aromatic heterocycles. The monoisotopic (exact) mass is 406 g/mol. The number of carbonyl (C=O) groups is 1. The Bertz CT molecular complexity index is 1050. The molecule has 7 heteroatoms. The molecule has 148 valence electrons. The summed E-state index contributed by atoms with van der Waals surface area (Å²) in [6.45, 7) is 4.22. The first-order chi connectivity index (χ1) is 14.0. The number of rotatable bonds is 5. The van der Waals surface area contributed by atoms with Crippen LogP contribution in [0.15, 0.2) is 67.0 Å². The fourth-order valence-electron chi connectivity index (χ4n) is 3.90. The molecule has 4 rings (SSSR count). The Labute approximate surface area is 174 Å². The van der Waals surface area contributed by atoms with Crippen LogP contribution in [0, 0.1) is 0 Å². The molecule has 29 heavy (non-hydrogen) atoms. The molecule has 0 bridgehead atoms. The smallest absolute Gasteiger partial charge is 0.335 e. The van der Waals surface area contributed by atoms with Crippen LogP contribution in [0.4, 0.5) is 0 Å². The lowest BCUT2D eigenvalue weighted by Crippen LogP contribution is -2.36. The van der Waals surface area contributed by atoms with Gasteiger partial charge in [-0.05, 0) is 68.5 Å². The number of carboxylic acid groups (broad SMARTS) is 1. The molecule has 6 nitrogen and oxygen atoms in total. The van der Waals surface area contributed by atoms with E-state index in [2.05, 4.69) is 35.1 Å². The van der Waals surface area contributed by atoms with E-state index in [1.165, 1.54) is 0 Å². The minimum Gasteiger partial charge on any atom is -0.478 e. The molecule has 1 aliphatic heterocycles. The maximum absolute atomic E-state index is 11.4. The van der Waals surface area contributed by atoms with Gasteiger partial charge in [-0.15, -0.1) is 0 Å². The molecule has 0 amide bonds. The van der Waals surface area contributed by atoms with Crippen LogP contribution in [0.5, 0.6) is 0 Å². The zero-order valence-corrected chi connectivity index (χ0v) is 17.0. The molecule has 1 aromatic carbocycles. The standard InChI is InChI=1S/C22H22N4O2S/c1-14(2)26-20(19(24-22(26)29)17-9-3-4-11-23-17)18-10-6-12-25(18)16-8-5-7-15(13-16)21(27)28/h3-14,19-20H,1-2H3,(H,24,29)(H,27,28)/t19-,20-/m0/s1. The van der Waals surface area contributed by atoms with Crippen molar-refractivity contribution in [3.05, 3.63) is 83.9 Å². The second kappa shape index (κ2) is 7.67. The molecule has 2 N–H and O–H groups in total. The number of hydrogen-bond donors (Lipinski definition) is 2. The van der Waals surface area contributed by atoms with Crippen molar-refractivity contribution in [1.82, 2.24) is 19.8 Å². The van der Waals surface area contributed by atoms with Gasteiger partial charge in [0.05, 0.1) is 23.3 Å². The summed E-state index contributed by atoms with van der Waals surface area (Å²) in [6.07, 6.45) is 3.73. The topological polar surface area (TPSA) is 70.4 Å². The normalized spacial score (nSPS) is 18.9. The van der Waals surface area contributed by atoms with Gasteiger partial charge in [0, 0.05) is 29.8 Å². The number of pyridine rings is 1. The second-order valence-corrected chi connectivity index (χ2v) is 7.67. The molecule has 1 aliphatic rings. The Balaban J connectivity index is 1.83. The van der Waals surface area contributed by atoms with E-state index in [4.69, 9.17) is 12.2 Å². The Morgan fingerprint density at radius 2 is 2.00 bits per heavy atom. The van der Waals surface area contributed by atoms with Gasteiger partial charge in [-0.2, -0.15) is 0 Å². The zero-order chi connectivity index (χ0) is 20.5. The van der Waals surface area contributed by atoms with Crippen LogP contribution in [0.2, 0.25) is 0 Å². The summed E-state index contributed by atoms with van der Waals surface area (Å²) in [5, 5.41) is 13.5. The molecule has 0 saturated carbocycles. The van der Waals surface area contributed by atoms with Crippen molar-refractivity contribution in [2.45, 2.75) is 32.0 Å². The SMILES string of the molecule is CC(C)N1C(=S)N[C@@H](c2ccccn2)[C@@H]1c1cccn1-c1cccc(C(=O)O)c1. The Morgan fingerprint density at radius 3 is 2.69 bits per heavy atom. The average Bonchev–Trinajstić information content (AvgIpc) is 3.32. The van der Waals surface area contributed by atoms with Gasteiger partial charge >= 0.3 is 5.97 Å². The van der Waals surface area contributed by atoms with Gasteiger partial charge in [-0.1, -0.05) is 12.1 Å². The molecule has 0 radical (unpaired) electrons. The first kappa shape index (κ1) is 19.1. The molecule has 1 saturated heterocycles. The van der Waals surface area contributed by atoms with Crippen molar-refractivity contribution in [2.75, 3.05) is 0 Å². The molecule has 2 atom stereocenters. The van der Waals surface area contributed by atoms with E-state index in [9.17, 15) is 9.90 Å². The van der Waals surface area contributed by atoms with E-state index in [0.29, 0.717) is 5.11 Å². The highest BCUT2D eigenvalue weighted by atomic mass is 32.1. The predicted octanol–water partition coefficient (Wildman–Crippen LogP) is 3.95. The first-order valence-corrected chi connectivity index (χ1v) is 9.89. The number of benzene rings is 1. The summed E-state index contributed by atoms with van der Waals surface area (Å²) in [6, 6.07) is 16.8. The third-order valence-corrected chi connectivity index (χ3v) is 5.47. The van der Waals surface area contributed by atoms with Crippen molar-refractivity contribution in [1.29, 1.82) is 0 Å². The average molecular weight is 407 g/mol. The number of carboxylic acids is 1. The van der Waals surface area contributed by atoms with E-state index >= 15 is 0 Å². The van der Waals surface area contributed by atoms with Crippen molar-refractivity contribution in [3.63, 3.8) is 0 Å². The lowest BCUT2D eigenvalue weighted by molar-refractivity contribution is 0.0697. The number of thiocarbonyl (C=S) groups is 1. The van der Waals surface area contributed by atoms with E-state index in [-0.39, 0.29) is 23.7 Å². The number of nitrogens with zero attached hydrogens (tertiary/aromatic N) is 3. The molecule has 0 unspecified atom stereocenters. The van der Waals surface area contributed by atoms with Gasteiger partial charge in [0.2, 0.25) is 0 Å². The predicted molar refractivity (Wildman–Crippen MR) is 115 cm³/mol. The summed E-state index contributed by atoms with van der Waals surface area (Å²) < 4.78 is 2.03. The number of nitrogens with one attached hydrogen (secondary N) is 1. The summed E-state index contributed by atoms with van der Waals surface area (Å²) in [5.41, 5.74) is 2.98. The van der Waals surface area contributed by atoms with Crippen LogP contribution in [0.1, 0.15) is 47.7 Å². The van der Waals surface area contributed by atoms with Gasteiger partial charge in [0.25, 0.3) is 0 Å². The Kier molecular flexibility index (Phi) is 5.07. The van der Waals surface area contributed by atoms with Crippen molar-refractivity contribution >= 4 is 23.3 Å². The second-order valence-electron chi connectivity index (χ2n) is 7.29. The Morgan fingerprint density at radius 1 is 1.17 bits per heavy atom. The van der Waals surface area contributed by atoms with E-state index in [1.54, 1.807) is 24.4 Å². The van der Waals surface area contributed by atoms with Crippen LogP contribution in [0.25, 0.3) is 5.69 Å². The first-order valence-electron chi connectivity index (χ1n) is 9.48. The molecule has 0 aliphatic carbocycles. The van der Waals surface area contributed by atoms with Crippen LogP contribution in [-0.4, -0.2) is 36.7 Å². The molecular formula is C22H22N4O2S. The van der Waals surface area contributed by atoms with Crippen molar-refractivity contribution < 1.29 is 9.90 Å². The van der Waals surface area contributed by atoms with E-state index in [1.807, 2.05) is 41.1 Å². The Hall–Kier alpha value is -3.19. The molecule has 3 heterocycles. The lowest BCUT2D eigenvalue weighted by Gasteiger charge is -2.31. The largest absolute Gasteiger partial charge is 0.478 e. The minimum atomic E-state index is -0.945. The summed E-state index contributed by atoms with van der Waals surface area (Å²) in [4.78, 5) is 18.2. The van der Waals surface area contributed by atoms with Crippen LogP contribution < -0.4 is 5.32 Å². The highest BCUT2D eigenvalue weighted by Crippen LogP contribution is 2.40. The van der Waals surface area contributed by atoms with E-state index in [0.717, 1.165) is 17.1 Å². The van der Waals surface area contributed by atoms with Gasteiger partial charge < -0.3 is 19.9 Å². The highest BCUT2D eigenvalue weighted by molar-refractivity contribution is 7.80. The number of hydrogen-bond acceptors (Lipinski definition) is 3. The van der Waals surface area contributed by atoms with Crippen LogP contribution in [-0.2, 0) is 0 Å². The van der Waals surface area contributed by atoms with Crippen molar-refractivity contribution in [2.24, 2.45) is 0 Å². The molecule has 3 aromatic rings. The molecule has 1 fully saturated rings. The van der Waals surface area contributed by atoms with Gasteiger partial charge in [-0.3, -0.25) is 4.98 Å². The van der Waals surface area contributed by atoms with E-state index < -0.39 is 5.97 Å². The third-order valence-electron chi connectivity index (χ3n) is 5.15. The molecular weight excluding hydrogens is 384 g/mol.